The molecule has 19 heavy (non-hydrogen) atoms. The Kier molecular flexibility index (Phi) is 3.05. The lowest BCUT2D eigenvalue weighted by Gasteiger charge is -2.08. The van der Waals surface area contributed by atoms with Crippen LogP contribution >= 0.6 is 22.9 Å². The Morgan fingerprint density at radius 1 is 1.26 bits per heavy atom. The van der Waals surface area contributed by atoms with Gasteiger partial charge in [0.15, 0.2) is 5.13 Å². The average Bonchev–Trinajstić information content (AvgIpc) is 2.75. The van der Waals surface area contributed by atoms with Gasteiger partial charge < -0.3 is 11.1 Å². The highest BCUT2D eigenvalue weighted by molar-refractivity contribution is 7.22. The van der Waals surface area contributed by atoms with E-state index < -0.39 is 0 Å². The van der Waals surface area contributed by atoms with E-state index in [1.165, 1.54) is 0 Å². The van der Waals surface area contributed by atoms with E-state index in [2.05, 4.69) is 10.3 Å². The number of aryl methyl sites for hydroxylation is 1. The van der Waals surface area contributed by atoms with Crippen molar-refractivity contribution in [3.63, 3.8) is 0 Å². The van der Waals surface area contributed by atoms with Crippen LogP contribution in [0.15, 0.2) is 36.4 Å². The molecule has 3 aromatic rings. The zero-order valence-electron chi connectivity index (χ0n) is 10.3. The molecular formula is C14H12ClN3S. The molecular weight excluding hydrogens is 278 g/mol. The lowest BCUT2D eigenvalue weighted by molar-refractivity contribution is 1.40. The van der Waals surface area contributed by atoms with Gasteiger partial charge in [-0.25, -0.2) is 4.98 Å². The minimum atomic E-state index is 0.693. The number of halogens is 1. The van der Waals surface area contributed by atoms with Gasteiger partial charge in [0, 0.05) is 5.69 Å². The molecule has 0 atom stereocenters. The number of nitrogens with one attached hydrogen (secondary N) is 1. The van der Waals surface area contributed by atoms with Crippen molar-refractivity contribution in [1.82, 2.24) is 4.98 Å². The number of thiazole rings is 1. The van der Waals surface area contributed by atoms with E-state index >= 15 is 0 Å². The number of rotatable bonds is 2. The van der Waals surface area contributed by atoms with Crippen molar-refractivity contribution in [2.24, 2.45) is 0 Å². The van der Waals surface area contributed by atoms with Gasteiger partial charge >= 0.3 is 0 Å². The number of hydrogen-bond acceptors (Lipinski definition) is 4. The Morgan fingerprint density at radius 2 is 2.11 bits per heavy atom. The van der Waals surface area contributed by atoms with Crippen LogP contribution in [0.1, 0.15) is 5.56 Å². The molecule has 3 rings (SSSR count). The summed E-state index contributed by atoms with van der Waals surface area (Å²) in [6.45, 7) is 2.01. The Morgan fingerprint density at radius 3 is 2.89 bits per heavy atom. The number of hydrogen-bond donors (Lipinski definition) is 2. The molecule has 2 aromatic carbocycles. The number of nitrogens with zero attached hydrogens (tertiary/aromatic N) is 1. The van der Waals surface area contributed by atoms with E-state index in [0.717, 1.165) is 32.3 Å². The van der Waals surface area contributed by atoms with E-state index in [4.69, 9.17) is 17.3 Å². The molecule has 0 radical (unpaired) electrons. The number of anilines is 3. The van der Waals surface area contributed by atoms with Gasteiger partial charge in [-0.2, -0.15) is 0 Å². The molecule has 0 aliphatic rings. The maximum atomic E-state index is 6.20. The first kappa shape index (κ1) is 12.3. The van der Waals surface area contributed by atoms with E-state index in [1.54, 1.807) is 11.3 Å². The molecule has 1 aromatic heterocycles. The first-order valence-electron chi connectivity index (χ1n) is 5.82. The van der Waals surface area contributed by atoms with Crippen LogP contribution in [0.25, 0.3) is 10.2 Å². The van der Waals surface area contributed by atoms with Crippen molar-refractivity contribution in [3.05, 3.63) is 47.0 Å². The van der Waals surface area contributed by atoms with E-state index in [-0.39, 0.29) is 0 Å². The van der Waals surface area contributed by atoms with Gasteiger partial charge in [0.25, 0.3) is 0 Å². The third kappa shape index (κ3) is 2.37. The summed E-state index contributed by atoms with van der Waals surface area (Å²) in [6, 6.07) is 11.5. The molecule has 5 heteroatoms. The second-order valence-electron chi connectivity index (χ2n) is 4.30. The molecule has 96 valence electrons. The highest BCUT2D eigenvalue weighted by Crippen LogP contribution is 2.33. The lowest BCUT2D eigenvalue weighted by atomic mass is 10.2. The van der Waals surface area contributed by atoms with Crippen molar-refractivity contribution < 1.29 is 0 Å². The Balaban J connectivity index is 2.01. The fourth-order valence-corrected chi connectivity index (χ4v) is 3.08. The summed E-state index contributed by atoms with van der Waals surface area (Å²) in [5.74, 6) is 0. The van der Waals surface area contributed by atoms with Crippen LogP contribution in [0.3, 0.4) is 0 Å². The van der Waals surface area contributed by atoms with Crippen LogP contribution in [-0.4, -0.2) is 4.98 Å². The molecule has 0 spiro atoms. The number of fused-ring (bicyclic) bond motifs is 1. The van der Waals surface area contributed by atoms with E-state index in [0.29, 0.717) is 5.02 Å². The summed E-state index contributed by atoms with van der Waals surface area (Å²) in [5.41, 5.74) is 9.44. The van der Waals surface area contributed by atoms with Crippen molar-refractivity contribution in [2.75, 3.05) is 11.1 Å². The summed E-state index contributed by atoms with van der Waals surface area (Å²) >= 11 is 7.76. The van der Waals surface area contributed by atoms with Gasteiger partial charge in [0.2, 0.25) is 0 Å². The predicted octanol–water partition coefficient (Wildman–Crippen LogP) is 4.58. The van der Waals surface area contributed by atoms with Gasteiger partial charge in [-0.05, 0) is 36.8 Å². The minimum absolute atomic E-state index is 0.693. The average molecular weight is 290 g/mol. The SMILES string of the molecule is Cc1cccc(Cl)c1Nc1nc2ccc(N)cc2s1. The van der Waals surface area contributed by atoms with Crippen LogP contribution in [0, 0.1) is 6.92 Å². The highest BCUT2D eigenvalue weighted by atomic mass is 35.5. The van der Waals surface area contributed by atoms with Gasteiger partial charge in [-0.15, -0.1) is 0 Å². The zero-order chi connectivity index (χ0) is 13.4. The van der Waals surface area contributed by atoms with Crippen LogP contribution in [-0.2, 0) is 0 Å². The van der Waals surface area contributed by atoms with E-state index in [9.17, 15) is 0 Å². The fraction of sp³-hybridized carbons (Fsp3) is 0.0714. The van der Waals surface area contributed by atoms with Crippen molar-refractivity contribution in [3.8, 4) is 0 Å². The first-order valence-corrected chi connectivity index (χ1v) is 7.01. The number of aromatic nitrogens is 1. The fourth-order valence-electron chi connectivity index (χ4n) is 1.89. The van der Waals surface area contributed by atoms with Crippen LogP contribution < -0.4 is 11.1 Å². The van der Waals surface area contributed by atoms with Crippen molar-refractivity contribution in [2.45, 2.75) is 6.92 Å². The highest BCUT2D eigenvalue weighted by Gasteiger charge is 2.08. The van der Waals surface area contributed by atoms with Gasteiger partial charge in [0.1, 0.15) is 0 Å². The topological polar surface area (TPSA) is 50.9 Å². The third-order valence-electron chi connectivity index (χ3n) is 2.87. The second-order valence-corrected chi connectivity index (χ2v) is 5.74. The second kappa shape index (κ2) is 4.72. The Hall–Kier alpha value is -1.78. The zero-order valence-corrected chi connectivity index (χ0v) is 11.8. The molecule has 0 saturated carbocycles. The molecule has 1 heterocycles. The van der Waals surface area contributed by atoms with Crippen LogP contribution in [0.4, 0.5) is 16.5 Å². The van der Waals surface area contributed by atoms with Crippen molar-refractivity contribution >= 4 is 49.7 Å². The maximum Gasteiger partial charge on any atom is 0.188 e. The Bertz CT molecular complexity index is 731. The number of nitrogen functional groups attached to an aromatic ring is 1. The molecule has 0 aliphatic heterocycles. The number of para-hydroxylation sites is 1. The normalized spacial score (nSPS) is 10.8. The summed E-state index contributed by atoms with van der Waals surface area (Å²) < 4.78 is 1.06. The van der Waals surface area contributed by atoms with Crippen LogP contribution in [0.2, 0.25) is 5.02 Å². The van der Waals surface area contributed by atoms with Gasteiger partial charge in [-0.1, -0.05) is 35.1 Å². The quantitative estimate of drug-likeness (QED) is 0.679. The van der Waals surface area contributed by atoms with Crippen LogP contribution in [0.5, 0.6) is 0 Å². The maximum absolute atomic E-state index is 6.20. The summed E-state index contributed by atoms with van der Waals surface area (Å²) in [7, 11) is 0. The number of nitrogens with two attached hydrogens (primary N) is 1. The molecule has 0 bridgehead atoms. The molecule has 3 nitrogen and oxygen atoms in total. The standard InChI is InChI=1S/C14H12ClN3S/c1-8-3-2-4-10(15)13(8)18-14-17-11-6-5-9(16)7-12(11)19-14/h2-7H,16H2,1H3,(H,17,18). The summed E-state index contributed by atoms with van der Waals surface area (Å²) in [4.78, 5) is 4.52. The number of benzene rings is 2. The minimum Gasteiger partial charge on any atom is -0.399 e. The summed E-state index contributed by atoms with van der Waals surface area (Å²) in [6.07, 6.45) is 0. The first-order chi connectivity index (χ1) is 9.13. The largest absolute Gasteiger partial charge is 0.399 e. The van der Waals surface area contributed by atoms with Gasteiger partial charge in [0.05, 0.1) is 20.9 Å². The molecule has 0 fully saturated rings. The summed E-state index contributed by atoms with van der Waals surface area (Å²) in [5, 5.41) is 4.79. The van der Waals surface area contributed by atoms with Gasteiger partial charge in [-0.3, -0.25) is 0 Å². The third-order valence-corrected chi connectivity index (χ3v) is 4.11. The van der Waals surface area contributed by atoms with E-state index in [1.807, 2.05) is 43.3 Å². The lowest BCUT2D eigenvalue weighted by Crippen LogP contribution is -1.93. The predicted molar refractivity (Wildman–Crippen MR) is 83.5 cm³/mol. The smallest absolute Gasteiger partial charge is 0.188 e. The molecule has 0 saturated heterocycles. The molecule has 0 aliphatic carbocycles. The van der Waals surface area contributed by atoms with Crippen molar-refractivity contribution in [1.29, 1.82) is 0 Å². The molecule has 3 N–H and O–H groups in total. The molecule has 0 amide bonds. The molecule has 0 unspecified atom stereocenters. The Labute approximate surface area is 120 Å². The monoisotopic (exact) mass is 289 g/mol.